The first-order valence-electron chi connectivity index (χ1n) is 5.54. The van der Waals surface area contributed by atoms with Gasteiger partial charge in [-0.3, -0.25) is 4.72 Å². The maximum atomic E-state index is 11.9. The molecule has 1 aliphatic carbocycles. The van der Waals surface area contributed by atoms with Crippen LogP contribution in [0.1, 0.15) is 34.1 Å². The zero-order valence-corrected chi connectivity index (χ0v) is 11.5. The Bertz CT molecular complexity index is 577. The standard InChI is InChI=1S/C10H14N2O4S2/c1-2-16-10(13)8-6-4-3-5-7(6)17-9(8)12-18(11,14)15/h12H,2-5H2,1H3,(H2,11,14,15). The van der Waals surface area contributed by atoms with Gasteiger partial charge in [-0.2, -0.15) is 8.42 Å². The fourth-order valence-corrected chi connectivity index (χ4v) is 4.03. The second-order valence-corrected chi connectivity index (χ2v) is 6.33. The number of nitrogens with two attached hydrogens (primary N) is 1. The fraction of sp³-hybridized carbons (Fsp3) is 0.500. The van der Waals surface area contributed by atoms with Crippen LogP contribution in [0.25, 0.3) is 0 Å². The predicted octanol–water partition coefficient (Wildman–Crippen LogP) is 1.03. The van der Waals surface area contributed by atoms with Gasteiger partial charge in [-0.05, 0) is 31.7 Å². The molecule has 18 heavy (non-hydrogen) atoms. The molecule has 1 heterocycles. The van der Waals surface area contributed by atoms with Crippen LogP contribution >= 0.6 is 11.3 Å². The van der Waals surface area contributed by atoms with Crippen molar-refractivity contribution in [3.05, 3.63) is 16.0 Å². The average molecular weight is 290 g/mol. The van der Waals surface area contributed by atoms with Crippen LogP contribution in [0.2, 0.25) is 0 Å². The van der Waals surface area contributed by atoms with E-state index in [1.54, 1.807) is 6.92 Å². The number of hydrogen-bond acceptors (Lipinski definition) is 5. The molecule has 2 rings (SSSR count). The number of nitrogens with one attached hydrogen (secondary N) is 1. The summed E-state index contributed by atoms with van der Waals surface area (Å²) in [5.41, 5.74) is 1.22. The molecule has 1 aromatic rings. The minimum absolute atomic E-state index is 0.248. The number of thiophene rings is 1. The first-order chi connectivity index (χ1) is 8.42. The predicted molar refractivity (Wildman–Crippen MR) is 69.0 cm³/mol. The first kappa shape index (κ1) is 13.3. The van der Waals surface area contributed by atoms with E-state index in [2.05, 4.69) is 4.72 Å². The number of rotatable bonds is 4. The maximum Gasteiger partial charge on any atom is 0.341 e. The van der Waals surface area contributed by atoms with E-state index in [0.29, 0.717) is 5.56 Å². The van der Waals surface area contributed by atoms with Crippen molar-refractivity contribution in [3.63, 3.8) is 0 Å². The summed E-state index contributed by atoms with van der Waals surface area (Å²) in [6.45, 7) is 1.95. The molecule has 1 aliphatic rings. The van der Waals surface area contributed by atoms with Gasteiger partial charge in [0.1, 0.15) is 5.00 Å². The molecule has 0 saturated heterocycles. The molecule has 3 N–H and O–H groups in total. The molecule has 0 fully saturated rings. The third-order valence-electron chi connectivity index (χ3n) is 2.64. The van der Waals surface area contributed by atoms with Crippen molar-refractivity contribution in [2.75, 3.05) is 11.3 Å². The van der Waals surface area contributed by atoms with Gasteiger partial charge in [0.05, 0.1) is 12.2 Å². The van der Waals surface area contributed by atoms with Gasteiger partial charge in [0, 0.05) is 4.88 Å². The summed E-state index contributed by atoms with van der Waals surface area (Å²) < 4.78 is 29.3. The topological polar surface area (TPSA) is 98.5 Å². The molecule has 0 atom stereocenters. The Morgan fingerprint density at radius 2 is 2.22 bits per heavy atom. The molecule has 0 unspecified atom stereocenters. The molecular formula is C10H14N2O4S2. The summed E-state index contributed by atoms with van der Waals surface area (Å²) in [5, 5.41) is 5.21. The summed E-state index contributed by atoms with van der Waals surface area (Å²) in [4.78, 5) is 12.9. The lowest BCUT2D eigenvalue weighted by Gasteiger charge is -2.06. The molecule has 0 amide bonds. The highest BCUT2D eigenvalue weighted by Crippen LogP contribution is 2.39. The number of fused-ring (bicyclic) bond motifs is 1. The third kappa shape index (κ3) is 2.65. The lowest BCUT2D eigenvalue weighted by atomic mass is 10.1. The van der Waals surface area contributed by atoms with Crippen molar-refractivity contribution < 1.29 is 17.9 Å². The van der Waals surface area contributed by atoms with Crippen molar-refractivity contribution in [2.24, 2.45) is 5.14 Å². The van der Waals surface area contributed by atoms with Gasteiger partial charge in [0.25, 0.3) is 10.2 Å². The maximum absolute atomic E-state index is 11.9. The summed E-state index contributed by atoms with van der Waals surface area (Å²) in [6, 6.07) is 0. The van der Waals surface area contributed by atoms with Crippen LogP contribution < -0.4 is 9.86 Å². The fourth-order valence-electron chi connectivity index (χ4n) is 2.02. The van der Waals surface area contributed by atoms with Crippen molar-refractivity contribution in [3.8, 4) is 0 Å². The van der Waals surface area contributed by atoms with E-state index in [0.717, 1.165) is 29.7 Å². The first-order valence-corrected chi connectivity index (χ1v) is 7.91. The Hall–Kier alpha value is -1.12. The van der Waals surface area contributed by atoms with Crippen LogP contribution in [0.3, 0.4) is 0 Å². The molecule has 0 bridgehead atoms. The van der Waals surface area contributed by atoms with E-state index in [-0.39, 0.29) is 11.6 Å². The molecule has 0 aromatic carbocycles. The number of esters is 1. The molecule has 0 spiro atoms. The van der Waals surface area contributed by atoms with E-state index in [1.807, 2.05) is 0 Å². The number of ether oxygens (including phenoxy) is 1. The molecule has 0 saturated carbocycles. The Labute approximate surface area is 109 Å². The summed E-state index contributed by atoms with van der Waals surface area (Å²) in [6.07, 6.45) is 2.61. The van der Waals surface area contributed by atoms with Crippen molar-refractivity contribution >= 4 is 32.5 Å². The van der Waals surface area contributed by atoms with Crippen LogP contribution in [0, 0.1) is 0 Å². The summed E-state index contributed by atoms with van der Waals surface area (Å²) >= 11 is 1.26. The van der Waals surface area contributed by atoms with Gasteiger partial charge < -0.3 is 4.74 Å². The number of hydrogen-bond donors (Lipinski definition) is 2. The van der Waals surface area contributed by atoms with E-state index < -0.39 is 16.2 Å². The van der Waals surface area contributed by atoms with Gasteiger partial charge in [-0.15, -0.1) is 11.3 Å². The van der Waals surface area contributed by atoms with E-state index >= 15 is 0 Å². The van der Waals surface area contributed by atoms with Gasteiger partial charge in [0.15, 0.2) is 0 Å². The Morgan fingerprint density at radius 1 is 1.50 bits per heavy atom. The van der Waals surface area contributed by atoms with E-state index in [9.17, 15) is 13.2 Å². The molecule has 100 valence electrons. The quantitative estimate of drug-likeness (QED) is 0.809. The van der Waals surface area contributed by atoms with Crippen LogP contribution in [0.4, 0.5) is 5.00 Å². The highest BCUT2D eigenvalue weighted by Gasteiger charge is 2.28. The zero-order valence-electron chi connectivity index (χ0n) is 9.86. The Kier molecular flexibility index (Phi) is 3.60. The van der Waals surface area contributed by atoms with Gasteiger partial charge >= 0.3 is 5.97 Å². The van der Waals surface area contributed by atoms with Crippen molar-refractivity contribution in [1.29, 1.82) is 0 Å². The van der Waals surface area contributed by atoms with Crippen LogP contribution in [-0.4, -0.2) is 21.0 Å². The van der Waals surface area contributed by atoms with Crippen LogP contribution in [0.5, 0.6) is 0 Å². The summed E-state index contributed by atoms with van der Waals surface area (Å²) in [5.74, 6) is -0.497. The second kappa shape index (κ2) is 4.87. The van der Waals surface area contributed by atoms with Crippen LogP contribution in [0.15, 0.2) is 0 Å². The highest BCUT2D eigenvalue weighted by molar-refractivity contribution is 7.90. The lowest BCUT2D eigenvalue weighted by molar-refractivity contribution is 0.0527. The molecule has 1 aromatic heterocycles. The lowest BCUT2D eigenvalue weighted by Crippen LogP contribution is -2.22. The molecular weight excluding hydrogens is 276 g/mol. The number of anilines is 1. The van der Waals surface area contributed by atoms with Crippen LogP contribution in [-0.2, 0) is 27.8 Å². The van der Waals surface area contributed by atoms with Crippen molar-refractivity contribution in [1.82, 2.24) is 0 Å². The number of carbonyl (C=O) groups is 1. The molecule has 0 aliphatic heterocycles. The van der Waals surface area contributed by atoms with Gasteiger partial charge in [-0.25, -0.2) is 9.93 Å². The average Bonchev–Trinajstić information content (AvgIpc) is 2.74. The third-order valence-corrected chi connectivity index (χ3v) is 4.46. The number of aryl methyl sites for hydroxylation is 1. The molecule has 6 nitrogen and oxygen atoms in total. The largest absolute Gasteiger partial charge is 0.462 e. The summed E-state index contributed by atoms with van der Waals surface area (Å²) in [7, 11) is -3.88. The smallest absolute Gasteiger partial charge is 0.341 e. The zero-order chi connectivity index (χ0) is 13.3. The second-order valence-electron chi connectivity index (χ2n) is 3.93. The van der Waals surface area contributed by atoms with Crippen molar-refractivity contribution in [2.45, 2.75) is 26.2 Å². The Morgan fingerprint density at radius 3 is 2.83 bits per heavy atom. The number of carbonyl (C=O) groups excluding carboxylic acids is 1. The minimum Gasteiger partial charge on any atom is -0.462 e. The molecule has 0 radical (unpaired) electrons. The van der Waals surface area contributed by atoms with E-state index in [4.69, 9.17) is 9.88 Å². The van der Waals surface area contributed by atoms with E-state index in [1.165, 1.54) is 11.3 Å². The minimum atomic E-state index is -3.88. The van der Waals surface area contributed by atoms with Gasteiger partial charge in [-0.1, -0.05) is 0 Å². The monoisotopic (exact) mass is 290 g/mol. The highest BCUT2D eigenvalue weighted by atomic mass is 32.2. The normalized spacial score (nSPS) is 14.3. The Balaban J connectivity index is 2.43. The SMILES string of the molecule is CCOC(=O)c1c(NS(N)(=O)=O)sc2c1CCC2. The van der Waals surface area contributed by atoms with Gasteiger partial charge in [0.2, 0.25) is 0 Å². The molecule has 8 heteroatoms.